The van der Waals surface area contributed by atoms with E-state index in [9.17, 15) is 8.42 Å². The minimum Gasteiger partial charge on any atom is -0.425 e. The Balaban J connectivity index is 1.79. The molecule has 1 aromatic carbocycles. The lowest BCUT2D eigenvalue weighted by Crippen LogP contribution is -1.99. The van der Waals surface area contributed by atoms with Crippen LogP contribution in [-0.4, -0.2) is 34.3 Å². The molecule has 0 atom stereocenters. The zero-order chi connectivity index (χ0) is 18.3. The van der Waals surface area contributed by atoms with Gasteiger partial charge in [0, 0.05) is 18.7 Å². The maximum absolute atomic E-state index is 11.8. The van der Waals surface area contributed by atoms with E-state index >= 15 is 0 Å². The molecular weight excluding hydrogens is 354 g/mol. The maximum Gasteiger partial charge on any atom is 0.249 e. The van der Waals surface area contributed by atoms with E-state index < -0.39 is 9.84 Å². The first-order valence-electron chi connectivity index (χ1n) is 7.76. The molecule has 4 aromatic rings. The van der Waals surface area contributed by atoms with Crippen LogP contribution in [0.25, 0.3) is 16.9 Å². The molecule has 3 aromatic heterocycles. The topological polar surface area (TPSA) is 102 Å². The van der Waals surface area contributed by atoms with E-state index in [2.05, 4.69) is 20.4 Å². The number of nitrogens with zero attached hydrogens (tertiary/aromatic N) is 4. The van der Waals surface area contributed by atoms with Crippen LogP contribution in [0.1, 0.15) is 5.89 Å². The Morgan fingerprint density at radius 2 is 1.96 bits per heavy atom. The Hall–Kier alpha value is -3.20. The van der Waals surface area contributed by atoms with Gasteiger partial charge in [-0.3, -0.25) is 5.32 Å². The zero-order valence-corrected chi connectivity index (χ0v) is 14.9. The first-order valence-corrected chi connectivity index (χ1v) is 9.65. The van der Waals surface area contributed by atoms with Crippen LogP contribution in [0.5, 0.6) is 0 Å². The maximum atomic E-state index is 11.8. The molecule has 0 spiro atoms. The molecule has 0 aliphatic heterocycles. The van der Waals surface area contributed by atoms with Crippen LogP contribution in [-0.2, 0) is 9.84 Å². The van der Waals surface area contributed by atoms with Crippen LogP contribution in [0.2, 0.25) is 0 Å². The second-order valence-corrected chi connectivity index (χ2v) is 7.80. The summed E-state index contributed by atoms with van der Waals surface area (Å²) in [6, 6.07) is 12.2. The molecule has 132 valence electrons. The lowest BCUT2D eigenvalue weighted by Gasteiger charge is -2.06. The van der Waals surface area contributed by atoms with Crippen LogP contribution in [0.3, 0.4) is 0 Å². The van der Waals surface area contributed by atoms with Gasteiger partial charge in [-0.15, -0.1) is 5.10 Å². The number of aryl methyl sites for hydroxylation is 1. The number of nitrogens with one attached hydrogen (secondary N) is 1. The summed E-state index contributed by atoms with van der Waals surface area (Å²) in [6.45, 7) is 1.75. The molecule has 0 saturated carbocycles. The van der Waals surface area contributed by atoms with Crippen LogP contribution in [0, 0.1) is 6.92 Å². The minimum atomic E-state index is -3.30. The quantitative estimate of drug-likeness (QED) is 0.590. The average Bonchev–Trinajstić information content (AvgIpc) is 3.19. The van der Waals surface area contributed by atoms with Crippen molar-refractivity contribution in [2.24, 2.45) is 0 Å². The Morgan fingerprint density at radius 1 is 1.15 bits per heavy atom. The van der Waals surface area contributed by atoms with Gasteiger partial charge in [0.15, 0.2) is 21.4 Å². The number of hydrogen-bond acceptors (Lipinski definition) is 7. The van der Waals surface area contributed by atoms with E-state index in [-0.39, 0.29) is 4.90 Å². The number of pyridine rings is 1. The number of sulfone groups is 1. The molecule has 9 heteroatoms. The third-order valence-corrected chi connectivity index (χ3v) is 4.88. The Bertz CT molecular complexity index is 1210. The van der Waals surface area contributed by atoms with Gasteiger partial charge in [-0.25, -0.2) is 17.9 Å². The van der Waals surface area contributed by atoms with Gasteiger partial charge >= 0.3 is 0 Å². The van der Waals surface area contributed by atoms with Gasteiger partial charge in [0.25, 0.3) is 0 Å². The third kappa shape index (κ3) is 3.04. The summed E-state index contributed by atoms with van der Waals surface area (Å²) in [5.41, 5.74) is 2.07. The van der Waals surface area contributed by atoms with Crippen LogP contribution >= 0.6 is 0 Å². The standard InChI is InChI=1S/C17H15N5O3S/c1-11-18-10-16(25-11)20-17-19-15-8-4-7-14(22(15)21-17)12-5-3-6-13(9-12)26(2,23)24/h3-10H,1-2H3,(H,20,21). The van der Waals surface area contributed by atoms with Crippen LogP contribution in [0.15, 0.2) is 58.0 Å². The average molecular weight is 369 g/mol. The smallest absolute Gasteiger partial charge is 0.249 e. The molecule has 0 amide bonds. The van der Waals surface area contributed by atoms with Crippen molar-refractivity contribution in [2.75, 3.05) is 11.6 Å². The zero-order valence-electron chi connectivity index (χ0n) is 14.0. The monoisotopic (exact) mass is 369 g/mol. The molecule has 0 radical (unpaired) electrons. The Labute approximate surface area is 149 Å². The summed E-state index contributed by atoms with van der Waals surface area (Å²) >= 11 is 0. The molecule has 0 aliphatic carbocycles. The predicted octanol–water partition coefficient (Wildman–Crippen LogP) is 2.84. The molecule has 0 bridgehead atoms. The van der Waals surface area contributed by atoms with Gasteiger partial charge in [-0.2, -0.15) is 4.98 Å². The predicted molar refractivity (Wildman–Crippen MR) is 96.1 cm³/mol. The van der Waals surface area contributed by atoms with Crippen molar-refractivity contribution >= 4 is 27.3 Å². The summed E-state index contributed by atoms with van der Waals surface area (Å²) in [7, 11) is -3.30. The molecule has 0 saturated heterocycles. The van der Waals surface area contributed by atoms with Crippen molar-refractivity contribution in [1.82, 2.24) is 19.6 Å². The fourth-order valence-corrected chi connectivity index (χ4v) is 3.26. The van der Waals surface area contributed by atoms with E-state index in [4.69, 9.17) is 4.42 Å². The molecule has 0 aliphatic rings. The molecule has 3 heterocycles. The van der Waals surface area contributed by atoms with Crippen molar-refractivity contribution in [2.45, 2.75) is 11.8 Å². The van der Waals surface area contributed by atoms with E-state index in [1.807, 2.05) is 24.3 Å². The second kappa shape index (κ2) is 5.95. The summed E-state index contributed by atoms with van der Waals surface area (Å²) in [4.78, 5) is 8.68. The van der Waals surface area contributed by atoms with Crippen molar-refractivity contribution in [3.8, 4) is 11.3 Å². The molecule has 8 nitrogen and oxygen atoms in total. The molecule has 0 fully saturated rings. The highest BCUT2D eigenvalue weighted by Crippen LogP contribution is 2.24. The van der Waals surface area contributed by atoms with E-state index in [0.717, 1.165) is 11.3 Å². The number of rotatable bonds is 4. The van der Waals surface area contributed by atoms with Gasteiger partial charge in [0.2, 0.25) is 11.8 Å². The first-order chi connectivity index (χ1) is 12.4. The summed E-state index contributed by atoms with van der Waals surface area (Å²) in [5, 5.41) is 7.40. The summed E-state index contributed by atoms with van der Waals surface area (Å²) in [5.74, 6) is 1.33. The normalized spacial score (nSPS) is 11.8. The van der Waals surface area contributed by atoms with Gasteiger partial charge in [-0.1, -0.05) is 18.2 Å². The number of aromatic nitrogens is 4. The van der Waals surface area contributed by atoms with Crippen LogP contribution < -0.4 is 5.32 Å². The molecular formula is C17H15N5O3S. The Morgan fingerprint density at radius 3 is 2.69 bits per heavy atom. The van der Waals surface area contributed by atoms with Crippen molar-refractivity contribution in [1.29, 1.82) is 0 Å². The first kappa shape index (κ1) is 16.3. The highest BCUT2D eigenvalue weighted by molar-refractivity contribution is 7.90. The molecule has 1 N–H and O–H groups in total. The fourth-order valence-electron chi connectivity index (χ4n) is 2.59. The molecule has 4 rings (SSSR count). The van der Waals surface area contributed by atoms with Gasteiger partial charge < -0.3 is 4.42 Å². The van der Waals surface area contributed by atoms with E-state index in [1.165, 1.54) is 6.26 Å². The highest BCUT2D eigenvalue weighted by Gasteiger charge is 2.13. The molecule has 0 unspecified atom stereocenters. The number of anilines is 2. The molecule has 26 heavy (non-hydrogen) atoms. The van der Waals surface area contributed by atoms with Gasteiger partial charge in [-0.05, 0) is 24.3 Å². The van der Waals surface area contributed by atoms with Crippen LogP contribution in [0.4, 0.5) is 11.8 Å². The van der Waals surface area contributed by atoms with Crippen molar-refractivity contribution in [3.63, 3.8) is 0 Å². The minimum absolute atomic E-state index is 0.252. The van der Waals surface area contributed by atoms with Crippen molar-refractivity contribution < 1.29 is 12.8 Å². The largest absolute Gasteiger partial charge is 0.425 e. The summed E-state index contributed by atoms with van der Waals surface area (Å²) in [6.07, 6.45) is 2.74. The van der Waals surface area contributed by atoms with Gasteiger partial charge in [0.05, 0.1) is 16.8 Å². The number of benzene rings is 1. The van der Waals surface area contributed by atoms with E-state index in [1.54, 1.807) is 35.8 Å². The Kier molecular flexibility index (Phi) is 3.73. The fraction of sp³-hybridized carbons (Fsp3) is 0.118. The van der Waals surface area contributed by atoms with Crippen molar-refractivity contribution in [3.05, 3.63) is 54.6 Å². The highest BCUT2D eigenvalue weighted by atomic mass is 32.2. The lowest BCUT2D eigenvalue weighted by atomic mass is 10.1. The second-order valence-electron chi connectivity index (χ2n) is 5.78. The number of oxazole rings is 1. The van der Waals surface area contributed by atoms with Gasteiger partial charge in [0.1, 0.15) is 0 Å². The third-order valence-electron chi connectivity index (χ3n) is 3.77. The number of fused-ring (bicyclic) bond motifs is 1. The summed E-state index contributed by atoms with van der Waals surface area (Å²) < 4.78 is 30.7. The van der Waals surface area contributed by atoms with E-state index in [0.29, 0.717) is 23.4 Å². The SMILES string of the molecule is Cc1ncc(Nc2nc3cccc(-c4cccc(S(C)(=O)=O)c4)n3n2)o1. The lowest BCUT2D eigenvalue weighted by molar-refractivity contribution is 0.536. The number of hydrogen-bond donors (Lipinski definition) is 1.